The summed E-state index contributed by atoms with van der Waals surface area (Å²) < 4.78 is 9.39. The fourth-order valence-electron chi connectivity index (χ4n) is 1.80. The SMILES string of the molecule is CCCCOC(=O)N[C@@H](Cc1ccccc1)C(=O)C(=O)OC. The molecule has 6 nitrogen and oxygen atoms in total. The summed E-state index contributed by atoms with van der Waals surface area (Å²) in [5, 5.41) is 2.43. The lowest BCUT2D eigenvalue weighted by molar-refractivity contribution is -0.152. The molecular formula is C16H21NO5. The number of unbranched alkanes of at least 4 members (excludes halogenated alkanes) is 1. The monoisotopic (exact) mass is 307 g/mol. The molecule has 1 N–H and O–H groups in total. The number of ketones is 1. The van der Waals surface area contributed by atoms with Crippen molar-refractivity contribution < 1.29 is 23.9 Å². The molecule has 0 radical (unpaired) electrons. The number of rotatable bonds is 8. The van der Waals surface area contributed by atoms with Crippen LogP contribution in [-0.2, 0) is 25.5 Å². The van der Waals surface area contributed by atoms with Crippen LogP contribution in [-0.4, -0.2) is 37.6 Å². The minimum absolute atomic E-state index is 0.192. The van der Waals surface area contributed by atoms with E-state index in [1.54, 1.807) is 0 Å². The first-order chi connectivity index (χ1) is 10.6. The quantitative estimate of drug-likeness (QED) is 0.450. The number of methoxy groups -OCH3 is 1. The Morgan fingerprint density at radius 3 is 2.45 bits per heavy atom. The van der Waals surface area contributed by atoms with E-state index in [4.69, 9.17) is 4.74 Å². The number of hydrogen-bond acceptors (Lipinski definition) is 5. The van der Waals surface area contributed by atoms with Gasteiger partial charge in [-0.2, -0.15) is 0 Å². The van der Waals surface area contributed by atoms with Crippen molar-refractivity contribution in [2.24, 2.45) is 0 Å². The number of alkyl carbamates (subject to hydrolysis) is 1. The number of amides is 1. The van der Waals surface area contributed by atoms with E-state index >= 15 is 0 Å². The summed E-state index contributed by atoms with van der Waals surface area (Å²) in [6.07, 6.45) is 1.10. The Balaban J connectivity index is 2.71. The minimum atomic E-state index is -1.01. The number of Topliss-reactive ketones (excluding diaryl/α,β-unsaturated/α-hetero) is 1. The third-order valence-electron chi connectivity index (χ3n) is 3.01. The highest BCUT2D eigenvalue weighted by molar-refractivity contribution is 6.36. The zero-order valence-electron chi connectivity index (χ0n) is 12.8. The molecule has 120 valence electrons. The molecule has 22 heavy (non-hydrogen) atoms. The second-order valence-corrected chi connectivity index (χ2v) is 4.73. The molecule has 1 rings (SSSR count). The van der Waals surface area contributed by atoms with Crippen molar-refractivity contribution in [1.82, 2.24) is 5.32 Å². The van der Waals surface area contributed by atoms with E-state index < -0.39 is 23.9 Å². The van der Waals surface area contributed by atoms with Gasteiger partial charge in [0, 0.05) is 6.42 Å². The van der Waals surface area contributed by atoms with Crippen molar-refractivity contribution in [2.75, 3.05) is 13.7 Å². The van der Waals surface area contributed by atoms with Gasteiger partial charge in [-0.1, -0.05) is 43.7 Å². The highest BCUT2D eigenvalue weighted by atomic mass is 16.5. The molecular weight excluding hydrogens is 286 g/mol. The fraction of sp³-hybridized carbons (Fsp3) is 0.438. The van der Waals surface area contributed by atoms with Crippen molar-refractivity contribution in [1.29, 1.82) is 0 Å². The molecule has 1 aromatic carbocycles. The summed E-state index contributed by atoms with van der Waals surface area (Å²) >= 11 is 0. The molecule has 0 bridgehead atoms. The van der Waals surface area contributed by atoms with Crippen molar-refractivity contribution in [3.63, 3.8) is 0 Å². The van der Waals surface area contributed by atoms with Crippen LogP contribution in [0.4, 0.5) is 4.79 Å². The van der Waals surface area contributed by atoms with Gasteiger partial charge in [-0.15, -0.1) is 0 Å². The van der Waals surface area contributed by atoms with E-state index in [9.17, 15) is 14.4 Å². The normalized spacial score (nSPS) is 11.4. The van der Waals surface area contributed by atoms with E-state index in [2.05, 4.69) is 10.1 Å². The molecule has 0 aliphatic rings. The third-order valence-corrected chi connectivity index (χ3v) is 3.01. The lowest BCUT2D eigenvalue weighted by Crippen LogP contribution is -2.46. The summed E-state index contributed by atoms with van der Waals surface area (Å²) in [6, 6.07) is 8.07. The molecule has 6 heteroatoms. The van der Waals surface area contributed by atoms with Gasteiger partial charge >= 0.3 is 12.1 Å². The Hall–Kier alpha value is -2.37. The van der Waals surface area contributed by atoms with E-state index in [1.807, 2.05) is 37.3 Å². The maximum Gasteiger partial charge on any atom is 0.407 e. The van der Waals surface area contributed by atoms with Crippen LogP contribution in [0.1, 0.15) is 25.3 Å². The standard InChI is InChI=1S/C16H21NO5/c1-3-4-10-22-16(20)17-13(14(18)15(19)21-2)11-12-8-6-5-7-9-12/h5-9,13H,3-4,10-11H2,1-2H3,(H,17,20)/t13-/m0/s1. The highest BCUT2D eigenvalue weighted by Crippen LogP contribution is 2.05. The van der Waals surface area contributed by atoms with Crippen LogP contribution < -0.4 is 5.32 Å². The zero-order chi connectivity index (χ0) is 16.4. The molecule has 1 atom stereocenters. The molecule has 0 aliphatic heterocycles. The Labute approximate surface area is 129 Å². The molecule has 0 saturated carbocycles. The Kier molecular flexibility index (Phi) is 7.67. The Morgan fingerprint density at radius 2 is 1.86 bits per heavy atom. The smallest absolute Gasteiger partial charge is 0.407 e. The van der Waals surface area contributed by atoms with E-state index in [-0.39, 0.29) is 13.0 Å². The second kappa shape index (κ2) is 9.55. The van der Waals surface area contributed by atoms with Crippen LogP contribution >= 0.6 is 0 Å². The van der Waals surface area contributed by atoms with Gasteiger partial charge in [0.25, 0.3) is 5.78 Å². The lowest BCUT2D eigenvalue weighted by Gasteiger charge is -2.16. The number of carbonyl (C=O) groups excluding carboxylic acids is 3. The predicted molar refractivity (Wildman–Crippen MR) is 80.3 cm³/mol. The Bertz CT molecular complexity index is 501. The molecule has 1 aromatic rings. The van der Waals surface area contributed by atoms with Gasteiger partial charge < -0.3 is 14.8 Å². The van der Waals surface area contributed by atoms with E-state index in [0.29, 0.717) is 0 Å². The Morgan fingerprint density at radius 1 is 1.18 bits per heavy atom. The van der Waals surface area contributed by atoms with Gasteiger partial charge in [0.15, 0.2) is 0 Å². The maximum absolute atomic E-state index is 12.0. The molecule has 0 aromatic heterocycles. The van der Waals surface area contributed by atoms with Gasteiger partial charge in [0.1, 0.15) is 6.04 Å². The van der Waals surface area contributed by atoms with E-state index in [0.717, 1.165) is 25.5 Å². The molecule has 0 unspecified atom stereocenters. The largest absolute Gasteiger partial charge is 0.463 e. The van der Waals surface area contributed by atoms with Gasteiger partial charge in [0.2, 0.25) is 0 Å². The summed E-state index contributed by atoms with van der Waals surface area (Å²) in [6.45, 7) is 2.24. The number of nitrogens with one attached hydrogen (secondary N) is 1. The summed E-state index contributed by atoms with van der Waals surface area (Å²) in [5.41, 5.74) is 0.818. The maximum atomic E-state index is 12.0. The van der Waals surface area contributed by atoms with Crippen molar-refractivity contribution in [3.8, 4) is 0 Å². The third kappa shape index (κ3) is 5.95. The van der Waals surface area contributed by atoms with Crippen LogP contribution in [0.25, 0.3) is 0 Å². The van der Waals surface area contributed by atoms with Crippen LogP contribution in [0.5, 0.6) is 0 Å². The summed E-state index contributed by atoms with van der Waals surface area (Å²) in [4.78, 5) is 35.1. The molecule has 0 spiro atoms. The van der Waals surface area contributed by atoms with Gasteiger partial charge in [-0.25, -0.2) is 9.59 Å². The average Bonchev–Trinajstić information content (AvgIpc) is 2.54. The van der Waals surface area contributed by atoms with Gasteiger partial charge in [0.05, 0.1) is 13.7 Å². The van der Waals surface area contributed by atoms with Crippen molar-refractivity contribution >= 4 is 17.8 Å². The molecule has 0 fully saturated rings. The predicted octanol–water partition coefficient (Wildman–Crippen LogP) is 1.87. The second-order valence-electron chi connectivity index (χ2n) is 4.73. The average molecular weight is 307 g/mol. The molecule has 0 aliphatic carbocycles. The highest BCUT2D eigenvalue weighted by Gasteiger charge is 2.28. The van der Waals surface area contributed by atoms with Gasteiger partial charge in [-0.05, 0) is 12.0 Å². The summed E-state index contributed by atoms with van der Waals surface area (Å²) in [5.74, 6) is -1.80. The first-order valence-electron chi connectivity index (χ1n) is 7.17. The van der Waals surface area contributed by atoms with E-state index in [1.165, 1.54) is 0 Å². The summed E-state index contributed by atoms with van der Waals surface area (Å²) in [7, 11) is 1.12. The minimum Gasteiger partial charge on any atom is -0.463 e. The van der Waals surface area contributed by atoms with Crippen molar-refractivity contribution in [2.45, 2.75) is 32.2 Å². The fourth-order valence-corrected chi connectivity index (χ4v) is 1.80. The van der Waals surface area contributed by atoms with Crippen LogP contribution in [0.3, 0.4) is 0 Å². The van der Waals surface area contributed by atoms with Gasteiger partial charge in [-0.3, -0.25) is 4.79 Å². The zero-order valence-corrected chi connectivity index (χ0v) is 12.8. The molecule has 0 saturated heterocycles. The van der Waals surface area contributed by atoms with Crippen LogP contribution in [0, 0.1) is 0 Å². The number of ether oxygens (including phenoxy) is 2. The van der Waals surface area contributed by atoms with Crippen molar-refractivity contribution in [3.05, 3.63) is 35.9 Å². The molecule has 1 amide bonds. The number of benzene rings is 1. The lowest BCUT2D eigenvalue weighted by atomic mass is 10.0. The first kappa shape index (κ1) is 17.7. The first-order valence-corrected chi connectivity index (χ1v) is 7.17. The molecule has 0 heterocycles. The number of esters is 1. The topological polar surface area (TPSA) is 81.7 Å². The number of hydrogen-bond donors (Lipinski definition) is 1. The van der Waals surface area contributed by atoms with Crippen LogP contribution in [0.15, 0.2) is 30.3 Å². The van der Waals surface area contributed by atoms with Crippen LogP contribution in [0.2, 0.25) is 0 Å². The number of carbonyl (C=O) groups is 3.